The molecule has 1 aliphatic carbocycles. The third-order valence-electron chi connectivity index (χ3n) is 3.30. The average Bonchev–Trinajstić information content (AvgIpc) is 2.33. The van der Waals surface area contributed by atoms with E-state index in [0.29, 0.717) is 18.6 Å². The Labute approximate surface area is 133 Å². The molecule has 1 N–H and O–H groups in total. The van der Waals surface area contributed by atoms with Crippen molar-refractivity contribution in [3.8, 4) is 5.75 Å². The SMILES string of the molecule is CC(C)(C)OC(=O)N[C@H]1C[C@@H](Oc2ccc(C(F)(F)F)cc2)C1. The summed E-state index contributed by atoms with van der Waals surface area (Å²) in [5.41, 5.74) is -1.26. The fourth-order valence-electron chi connectivity index (χ4n) is 2.17. The first kappa shape index (κ1) is 17.4. The van der Waals surface area contributed by atoms with Gasteiger partial charge in [-0.15, -0.1) is 0 Å². The fraction of sp³-hybridized carbons (Fsp3) is 0.562. The van der Waals surface area contributed by atoms with Gasteiger partial charge >= 0.3 is 12.3 Å². The Morgan fingerprint density at radius 2 is 1.70 bits per heavy atom. The van der Waals surface area contributed by atoms with Gasteiger partial charge in [0.25, 0.3) is 0 Å². The van der Waals surface area contributed by atoms with Gasteiger partial charge in [0.15, 0.2) is 0 Å². The molecular formula is C16H20F3NO3. The van der Waals surface area contributed by atoms with Crippen LogP contribution in [0.1, 0.15) is 39.2 Å². The highest BCUT2D eigenvalue weighted by atomic mass is 19.4. The van der Waals surface area contributed by atoms with Crippen molar-refractivity contribution in [2.75, 3.05) is 0 Å². The molecule has 1 aromatic rings. The highest BCUT2D eigenvalue weighted by Gasteiger charge is 2.34. The van der Waals surface area contributed by atoms with E-state index < -0.39 is 23.4 Å². The number of nitrogens with one attached hydrogen (secondary N) is 1. The van der Waals surface area contributed by atoms with Gasteiger partial charge in [-0.3, -0.25) is 0 Å². The molecule has 128 valence electrons. The Hall–Kier alpha value is -1.92. The van der Waals surface area contributed by atoms with E-state index in [1.165, 1.54) is 12.1 Å². The smallest absolute Gasteiger partial charge is 0.416 e. The zero-order chi connectivity index (χ0) is 17.3. The lowest BCUT2D eigenvalue weighted by molar-refractivity contribution is -0.137. The highest BCUT2D eigenvalue weighted by molar-refractivity contribution is 5.68. The van der Waals surface area contributed by atoms with Gasteiger partial charge in [-0.2, -0.15) is 13.2 Å². The minimum atomic E-state index is -4.35. The van der Waals surface area contributed by atoms with Crippen LogP contribution in [0.15, 0.2) is 24.3 Å². The van der Waals surface area contributed by atoms with E-state index in [9.17, 15) is 18.0 Å². The molecule has 0 heterocycles. The standard InChI is InChI=1S/C16H20F3NO3/c1-15(2,3)23-14(21)20-11-8-13(9-11)22-12-6-4-10(5-7-12)16(17,18)19/h4-7,11,13H,8-9H2,1-3H3,(H,20,21)/t11-,13+. The lowest BCUT2D eigenvalue weighted by atomic mass is 9.89. The number of halogens is 3. The van der Waals surface area contributed by atoms with E-state index in [0.717, 1.165) is 12.1 Å². The summed E-state index contributed by atoms with van der Waals surface area (Å²) in [5, 5.41) is 2.73. The van der Waals surface area contributed by atoms with Crippen LogP contribution in [0.4, 0.5) is 18.0 Å². The highest BCUT2D eigenvalue weighted by Crippen LogP contribution is 2.32. The van der Waals surface area contributed by atoms with E-state index in [1.54, 1.807) is 20.8 Å². The van der Waals surface area contributed by atoms with Gasteiger partial charge in [0.2, 0.25) is 0 Å². The zero-order valence-electron chi connectivity index (χ0n) is 13.2. The van der Waals surface area contributed by atoms with E-state index in [4.69, 9.17) is 9.47 Å². The number of alkyl carbamates (subject to hydrolysis) is 1. The quantitative estimate of drug-likeness (QED) is 0.905. The summed E-state index contributed by atoms with van der Waals surface area (Å²) < 4.78 is 48.1. The molecule has 1 fully saturated rings. The summed E-state index contributed by atoms with van der Waals surface area (Å²) in [5.74, 6) is 0.388. The van der Waals surface area contributed by atoms with Crippen molar-refractivity contribution < 1.29 is 27.4 Å². The van der Waals surface area contributed by atoms with Crippen LogP contribution in [0, 0.1) is 0 Å². The number of ether oxygens (including phenoxy) is 2. The summed E-state index contributed by atoms with van der Waals surface area (Å²) in [7, 11) is 0. The molecule has 0 spiro atoms. The van der Waals surface area contributed by atoms with E-state index in [-0.39, 0.29) is 12.1 Å². The second-order valence-electron chi connectivity index (χ2n) is 6.58. The van der Waals surface area contributed by atoms with Crippen LogP contribution in [0.5, 0.6) is 5.75 Å². The molecule has 1 saturated carbocycles. The van der Waals surface area contributed by atoms with Crippen molar-refractivity contribution in [1.29, 1.82) is 0 Å². The summed E-state index contributed by atoms with van der Waals surface area (Å²) in [4.78, 5) is 11.6. The fourth-order valence-corrected chi connectivity index (χ4v) is 2.17. The Balaban J connectivity index is 1.75. The third-order valence-corrected chi connectivity index (χ3v) is 3.30. The maximum absolute atomic E-state index is 12.5. The monoisotopic (exact) mass is 331 g/mol. The Kier molecular flexibility index (Phi) is 4.77. The largest absolute Gasteiger partial charge is 0.490 e. The lowest BCUT2D eigenvalue weighted by Crippen LogP contribution is -2.50. The number of hydrogen-bond acceptors (Lipinski definition) is 3. The Morgan fingerprint density at radius 3 is 2.17 bits per heavy atom. The van der Waals surface area contributed by atoms with Gasteiger partial charge in [0.05, 0.1) is 5.56 Å². The average molecular weight is 331 g/mol. The summed E-state index contributed by atoms with van der Waals surface area (Å²) >= 11 is 0. The van der Waals surface area contributed by atoms with Gasteiger partial charge in [0, 0.05) is 18.9 Å². The first-order valence-corrected chi connectivity index (χ1v) is 7.36. The Bertz CT molecular complexity index is 543. The van der Waals surface area contributed by atoms with Crippen LogP contribution >= 0.6 is 0 Å². The van der Waals surface area contributed by atoms with Crippen LogP contribution in [-0.2, 0) is 10.9 Å². The van der Waals surface area contributed by atoms with Crippen LogP contribution in [0.25, 0.3) is 0 Å². The minimum Gasteiger partial charge on any atom is -0.490 e. The van der Waals surface area contributed by atoms with Crippen molar-refractivity contribution in [3.63, 3.8) is 0 Å². The van der Waals surface area contributed by atoms with Gasteiger partial charge in [0.1, 0.15) is 17.5 Å². The molecule has 4 nitrogen and oxygen atoms in total. The topological polar surface area (TPSA) is 47.6 Å². The number of carbonyl (C=O) groups excluding carboxylic acids is 1. The maximum atomic E-state index is 12.5. The molecule has 0 aliphatic heterocycles. The predicted octanol–water partition coefficient (Wildman–Crippen LogP) is 4.14. The number of hydrogen-bond donors (Lipinski definition) is 1. The molecule has 7 heteroatoms. The van der Waals surface area contributed by atoms with Crippen molar-refractivity contribution in [1.82, 2.24) is 5.32 Å². The first-order valence-electron chi connectivity index (χ1n) is 7.36. The minimum absolute atomic E-state index is 0.0377. The molecule has 2 rings (SSSR count). The molecule has 1 aromatic carbocycles. The number of rotatable bonds is 3. The number of carbonyl (C=O) groups is 1. The zero-order valence-corrected chi connectivity index (χ0v) is 13.2. The molecule has 23 heavy (non-hydrogen) atoms. The summed E-state index contributed by atoms with van der Waals surface area (Å²) in [6, 6.07) is 4.55. The first-order chi connectivity index (χ1) is 10.5. The van der Waals surface area contributed by atoms with Crippen LogP contribution in [0.3, 0.4) is 0 Å². The maximum Gasteiger partial charge on any atom is 0.416 e. The van der Waals surface area contributed by atoms with Crippen molar-refractivity contribution in [2.45, 2.75) is 57.5 Å². The second kappa shape index (κ2) is 6.29. The van der Waals surface area contributed by atoms with E-state index in [2.05, 4.69) is 5.32 Å². The van der Waals surface area contributed by atoms with E-state index >= 15 is 0 Å². The molecule has 0 atom stereocenters. The normalized spacial score (nSPS) is 21.3. The molecule has 0 saturated heterocycles. The lowest BCUT2D eigenvalue weighted by Gasteiger charge is -2.36. The molecular weight excluding hydrogens is 311 g/mol. The number of benzene rings is 1. The number of alkyl halides is 3. The third kappa shape index (κ3) is 5.33. The molecule has 1 aliphatic rings. The van der Waals surface area contributed by atoms with Crippen molar-refractivity contribution >= 4 is 6.09 Å². The van der Waals surface area contributed by atoms with Crippen LogP contribution in [-0.4, -0.2) is 23.8 Å². The van der Waals surface area contributed by atoms with Gasteiger partial charge in [-0.05, 0) is 45.0 Å². The Morgan fingerprint density at radius 1 is 1.13 bits per heavy atom. The molecule has 0 bridgehead atoms. The van der Waals surface area contributed by atoms with Gasteiger partial charge < -0.3 is 14.8 Å². The van der Waals surface area contributed by atoms with Gasteiger partial charge in [-0.25, -0.2) is 4.79 Å². The van der Waals surface area contributed by atoms with Crippen molar-refractivity contribution in [3.05, 3.63) is 29.8 Å². The number of amides is 1. The molecule has 0 radical (unpaired) electrons. The van der Waals surface area contributed by atoms with Crippen LogP contribution < -0.4 is 10.1 Å². The van der Waals surface area contributed by atoms with E-state index in [1.807, 2.05) is 0 Å². The summed E-state index contributed by atoms with van der Waals surface area (Å²) in [6.07, 6.45) is -3.75. The summed E-state index contributed by atoms with van der Waals surface area (Å²) in [6.45, 7) is 5.34. The van der Waals surface area contributed by atoms with Crippen molar-refractivity contribution in [2.24, 2.45) is 0 Å². The predicted molar refractivity (Wildman–Crippen MR) is 78.3 cm³/mol. The molecule has 1 amide bonds. The van der Waals surface area contributed by atoms with Crippen LogP contribution in [0.2, 0.25) is 0 Å². The molecule has 0 aromatic heterocycles. The second-order valence-corrected chi connectivity index (χ2v) is 6.58. The van der Waals surface area contributed by atoms with Gasteiger partial charge in [-0.1, -0.05) is 0 Å². The molecule has 0 unspecified atom stereocenters.